The monoisotopic (exact) mass is 522 g/mol. The lowest BCUT2D eigenvalue weighted by atomic mass is 9.89. The summed E-state index contributed by atoms with van der Waals surface area (Å²) in [6, 6.07) is 20.2. The Balaban J connectivity index is 1.15. The van der Waals surface area contributed by atoms with Crippen LogP contribution in [0, 0.1) is 13.8 Å². The molecule has 1 amide bonds. The summed E-state index contributed by atoms with van der Waals surface area (Å²) in [6.45, 7) is 5.91. The van der Waals surface area contributed by atoms with Gasteiger partial charge in [0.15, 0.2) is 0 Å². The van der Waals surface area contributed by atoms with Crippen molar-refractivity contribution in [2.24, 2.45) is 0 Å². The number of benzene rings is 3. The summed E-state index contributed by atoms with van der Waals surface area (Å²) in [4.78, 5) is 15.2. The van der Waals surface area contributed by atoms with Crippen LogP contribution < -0.4 is 15.0 Å². The van der Waals surface area contributed by atoms with E-state index in [4.69, 9.17) is 4.42 Å². The maximum Gasteiger partial charge on any atom is 0.573 e. The molecule has 0 saturated carbocycles. The number of nitrogens with zero attached hydrogens (tertiary/aromatic N) is 1. The van der Waals surface area contributed by atoms with Crippen molar-refractivity contribution in [3.05, 3.63) is 94.7 Å². The van der Waals surface area contributed by atoms with E-state index in [1.54, 1.807) is 19.1 Å². The number of aryl methyl sites for hydroxylation is 2. The summed E-state index contributed by atoms with van der Waals surface area (Å²) in [6.07, 6.45) is -2.86. The zero-order chi connectivity index (χ0) is 26.9. The number of carbonyl (C=O) groups excluding carboxylic acids is 1. The first-order chi connectivity index (χ1) is 18.2. The highest BCUT2D eigenvalue weighted by atomic mass is 19.4. The number of furan rings is 1. The summed E-state index contributed by atoms with van der Waals surface area (Å²) in [5, 5.41) is 3.83. The van der Waals surface area contributed by atoms with Gasteiger partial charge in [-0.25, -0.2) is 0 Å². The first-order valence-electron chi connectivity index (χ1n) is 12.6. The van der Waals surface area contributed by atoms with E-state index >= 15 is 0 Å². The quantitative estimate of drug-likeness (QED) is 0.290. The first kappa shape index (κ1) is 25.7. The molecule has 0 atom stereocenters. The summed E-state index contributed by atoms with van der Waals surface area (Å²) < 4.78 is 46.9. The molecule has 4 aromatic rings. The number of nitrogens with one attached hydrogen (secondary N) is 1. The van der Waals surface area contributed by atoms with Gasteiger partial charge in [0.1, 0.15) is 17.1 Å². The van der Waals surface area contributed by atoms with Gasteiger partial charge in [-0.3, -0.25) is 4.79 Å². The largest absolute Gasteiger partial charge is 0.573 e. The van der Waals surface area contributed by atoms with Crippen molar-refractivity contribution >= 4 is 22.6 Å². The third kappa shape index (κ3) is 5.79. The van der Waals surface area contributed by atoms with E-state index in [1.165, 1.54) is 12.1 Å². The molecule has 1 fully saturated rings. The Hall–Kier alpha value is -3.94. The molecule has 0 aliphatic carbocycles. The summed E-state index contributed by atoms with van der Waals surface area (Å²) >= 11 is 0. The van der Waals surface area contributed by atoms with Crippen LogP contribution >= 0.6 is 0 Å². The number of fused-ring (bicyclic) bond motifs is 1. The van der Waals surface area contributed by atoms with Crippen LogP contribution in [-0.2, 0) is 6.54 Å². The number of halogens is 3. The molecule has 3 aromatic carbocycles. The van der Waals surface area contributed by atoms with Crippen molar-refractivity contribution in [1.82, 2.24) is 5.32 Å². The molecule has 5 rings (SSSR count). The lowest BCUT2D eigenvalue weighted by Gasteiger charge is -2.34. The van der Waals surface area contributed by atoms with E-state index in [1.807, 2.05) is 37.3 Å². The highest BCUT2D eigenvalue weighted by Gasteiger charge is 2.31. The highest BCUT2D eigenvalue weighted by molar-refractivity contribution is 6.07. The molecule has 8 heteroatoms. The molecular formula is C30H29F3N2O3. The van der Waals surface area contributed by atoms with E-state index in [0.29, 0.717) is 29.4 Å². The van der Waals surface area contributed by atoms with Gasteiger partial charge in [0.05, 0.1) is 5.56 Å². The molecule has 1 aliphatic rings. The van der Waals surface area contributed by atoms with Crippen LogP contribution in [0.3, 0.4) is 0 Å². The molecule has 0 radical (unpaired) electrons. The van der Waals surface area contributed by atoms with Crippen LogP contribution in [0.1, 0.15) is 51.6 Å². The van der Waals surface area contributed by atoms with E-state index < -0.39 is 6.36 Å². The Kier molecular flexibility index (Phi) is 7.06. The van der Waals surface area contributed by atoms with Crippen LogP contribution in [0.5, 0.6) is 5.75 Å². The number of amides is 1. The molecular weight excluding hydrogens is 493 g/mol. The van der Waals surface area contributed by atoms with Crippen molar-refractivity contribution in [2.45, 2.75) is 45.5 Å². The van der Waals surface area contributed by atoms with Crippen molar-refractivity contribution in [2.75, 3.05) is 18.0 Å². The minimum atomic E-state index is -4.68. The minimum Gasteiger partial charge on any atom is -0.461 e. The van der Waals surface area contributed by atoms with Gasteiger partial charge in [0.2, 0.25) is 0 Å². The average molecular weight is 523 g/mol. The third-order valence-corrected chi connectivity index (χ3v) is 7.08. The van der Waals surface area contributed by atoms with Gasteiger partial charge < -0.3 is 19.4 Å². The Morgan fingerprint density at radius 2 is 1.68 bits per heavy atom. The van der Waals surface area contributed by atoms with Gasteiger partial charge >= 0.3 is 6.36 Å². The highest BCUT2D eigenvalue weighted by Crippen LogP contribution is 2.32. The van der Waals surface area contributed by atoms with Gasteiger partial charge in [-0.05, 0) is 80.1 Å². The number of hydrogen-bond donors (Lipinski definition) is 1. The number of piperidine rings is 1. The fourth-order valence-corrected chi connectivity index (χ4v) is 5.12. The fourth-order valence-electron chi connectivity index (χ4n) is 5.12. The summed E-state index contributed by atoms with van der Waals surface area (Å²) in [5.41, 5.74) is 5.49. The van der Waals surface area contributed by atoms with Gasteiger partial charge in [-0.2, -0.15) is 0 Å². The molecule has 1 aromatic heterocycles. The zero-order valence-electron chi connectivity index (χ0n) is 21.3. The van der Waals surface area contributed by atoms with Crippen LogP contribution in [0.2, 0.25) is 0 Å². The molecule has 5 nitrogen and oxygen atoms in total. The maximum atomic E-state index is 12.9. The van der Waals surface area contributed by atoms with Crippen molar-refractivity contribution in [3.8, 4) is 5.75 Å². The van der Waals surface area contributed by atoms with Crippen molar-refractivity contribution < 1.29 is 27.1 Å². The Bertz CT molecular complexity index is 1420. The SMILES string of the molecule is Cc1ccc2oc(C)c(C(=O)NCc3ccc(N4CCC(c5ccc(OC(F)(F)F)cc5)CC4)cc3)c2c1. The lowest BCUT2D eigenvalue weighted by molar-refractivity contribution is -0.274. The number of anilines is 1. The van der Waals surface area contributed by atoms with E-state index in [-0.39, 0.29) is 11.7 Å². The second-order valence-corrected chi connectivity index (χ2v) is 9.76. The van der Waals surface area contributed by atoms with Gasteiger partial charge in [0.25, 0.3) is 5.91 Å². The van der Waals surface area contributed by atoms with Crippen LogP contribution in [0.15, 0.2) is 71.1 Å². The van der Waals surface area contributed by atoms with Gasteiger partial charge in [-0.1, -0.05) is 35.9 Å². The summed E-state index contributed by atoms with van der Waals surface area (Å²) in [5.74, 6) is 0.550. The Morgan fingerprint density at radius 3 is 2.34 bits per heavy atom. The Morgan fingerprint density at radius 1 is 1.00 bits per heavy atom. The van der Waals surface area contributed by atoms with Gasteiger partial charge in [0, 0.05) is 30.7 Å². The molecule has 1 saturated heterocycles. The van der Waals surface area contributed by atoms with Crippen LogP contribution in [0.4, 0.5) is 18.9 Å². The number of alkyl halides is 3. The molecule has 198 valence electrons. The molecule has 2 heterocycles. The second kappa shape index (κ2) is 10.4. The van der Waals surface area contributed by atoms with Crippen molar-refractivity contribution in [1.29, 1.82) is 0 Å². The predicted molar refractivity (Wildman–Crippen MR) is 141 cm³/mol. The van der Waals surface area contributed by atoms with E-state index in [9.17, 15) is 18.0 Å². The molecule has 0 spiro atoms. The Labute approximate surface area is 219 Å². The number of hydrogen-bond acceptors (Lipinski definition) is 4. The van der Waals surface area contributed by atoms with E-state index in [2.05, 4.69) is 27.1 Å². The predicted octanol–water partition coefficient (Wildman–Crippen LogP) is 7.26. The van der Waals surface area contributed by atoms with Crippen LogP contribution in [-0.4, -0.2) is 25.4 Å². The lowest BCUT2D eigenvalue weighted by Crippen LogP contribution is -2.32. The third-order valence-electron chi connectivity index (χ3n) is 7.08. The molecule has 0 bridgehead atoms. The van der Waals surface area contributed by atoms with E-state index in [0.717, 1.165) is 53.7 Å². The molecule has 1 aliphatic heterocycles. The average Bonchev–Trinajstić information content (AvgIpc) is 3.22. The van der Waals surface area contributed by atoms with Crippen molar-refractivity contribution in [3.63, 3.8) is 0 Å². The minimum absolute atomic E-state index is 0.156. The number of carbonyl (C=O) groups is 1. The zero-order valence-corrected chi connectivity index (χ0v) is 21.3. The summed E-state index contributed by atoms with van der Waals surface area (Å²) in [7, 11) is 0. The number of ether oxygens (including phenoxy) is 1. The first-order valence-corrected chi connectivity index (χ1v) is 12.6. The number of rotatable bonds is 6. The second-order valence-electron chi connectivity index (χ2n) is 9.76. The molecule has 38 heavy (non-hydrogen) atoms. The molecule has 1 N–H and O–H groups in total. The normalized spacial score (nSPS) is 14.6. The maximum absolute atomic E-state index is 12.9. The van der Waals surface area contributed by atoms with Gasteiger partial charge in [-0.15, -0.1) is 13.2 Å². The molecule has 0 unspecified atom stereocenters. The topological polar surface area (TPSA) is 54.7 Å². The van der Waals surface area contributed by atoms with Crippen LogP contribution in [0.25, 0.3) is 11.0 Å². The fraction of sp³-hybridized carbons (Fsp3) is 0.300. The smallest absolute Gasteiger partial charge is 0.461 e. The standard InChI is InChI=1S/C30H29F3N2O3/c1-19-3-12-27-26(17-19)28(20(2)37-27)29(36)34-18-21-4-8-24(9-5-21)35-15-13-23(14-16-35)22-6-10-25(11-7-22)38-30(31,32)33/h3-12,17,23H,13-16,18H2,1-2H3,(H,34,36).